The number of nitrogens with zero attached hydrogens (tertiary/aromatic N) is 4. The highest BCUT2D eigenvalue weighted by Gasteiger charge is 2.23. The minimum Gasteiger partial charge on any atom is -0.254 e. The summed E-state index contributed by atoms with van der Waals surface area (Å²) in [5.74, 6) is 0.724. The van der Waals surface area contributed by atoms with E-state index in [1.54, 1.807) is 12.4 Å². The number of pyridine rings is 2. The van der Waals surface area contributed by atoms with Crippen LogP contribution in [0.15, 0.2) is 158 Å². The highest BCUT2D eigenvalue weighted by atomic mass is 14.8. The quantitative estimate of drug-likeness (QED) is 0.186. The molecule has 0 saturated carbocycles. The second-order valence-electron chi connectivity index (χ2n) is 12.3. The van der Waals surface area contributed by atoms with E-state index in [4.69, 9.17) is 9.97 Å². The van der Waals surface area contributed by atoms with Gasteiger partial charge in [0.25, 0.3) is 0 Å². The van der Waals surface area contributed by atoms with Crippen LogP contribution in [0.25, 0.3) is 99.7 Å². The van der Waals surface area contributed by atoms with Crippen molar-refractivity contribution < 1.29 is 0 Å². The predicted molar refractivity (Wildman–Crippen MR) is 196 cm³/mol. The smallest absolute Gasteiger partial charge is 0.159 e. The third-order valence-electron chi connectivity index (χ3n) is 9.59. The van der Waals surface area contributed by atoms with E-state index in [0.29, 0.717) is 0 Å². The first-order valence-corrected chi connectivity index (χ1v) is 16.1. The maximum Gasteiger partial charge on any atom is 0.159 e. The Labute approximate surface area is 277 Å². The van der Waals surface area contributed by atoms with Crippen LogP contribution in [0.1, 0.15) is 0 Å². The maximum atomic E-state index is 5.25. The van der Waals surface area contributed by atoms with Crippen molar-refractivity contribution in [1.82, 2.24) is 19.9 Å². The average molecular weight is 611 g/mol. The lowest BCUT2D eigenvalue weighted by Crippen LogP contribution is -1.92. The molecule has 0 fully saturated rings. The summed E-state index contributed by atoms with van der Waals surface area (Å²) >= 11 is 0. The standard InChI is InChI=1S/C44H26N4/c1-2-10-33-32(9-1)35-11-4-12-36-34(19-20-37(33)41(35)36)39-26-31-18-21-40(48-42(31)43-38(39)13-5-22-45-43)30-8-3-7-29(25-30)27-14-16-28(17-15-27)44-46-23-6-24-47-44/h1-26H. The molecule has 48 heavy (non-hydrogen) atoms. The van der Waals surface area contributed by atoms with E-state index >= 15 is 0 Å². The summed E-state index contributed by atoms with van der Waals surface area (Å²) in [5.41, 5.74) is 14.6. The number of benzene rings is 6. The van der Waals surface area contributed by atoms with Gasteiger partial charge in [-0.05, 0) is 85.6 Å². The van der Waals surface area contributed by atoms with Gasteiger partial charge in [-0.1, -0.05) is 109 Å². The third-order valence-corrected chi connectivity index (χ3v) is 9.59. The van der Waals surface area contributed by atoms with Gasteiger partial charge in [0, 0.05) is 40.5 Å². The minimum atomic E-state index is 0.724. The summed E-state index contributed by atoms with van der Waals surface area (Å²) in [6.07, 6.45) is 5.40. The Bertz CT molecular complexity index is 2690. The Balaban J connectivity index is 1.08. The van der Waals surface area contributed by atoms with Gasteiger partial charge in [0.15, 0.2) is 5.82 Å². The average Bonchev–Trinajstić information content (AvgIpc) is 3.50. The van der Waals surface area contributed by atoms with Gasteiger partial charge in [-0.2, -0.15) is 0 Å². The summed E-state index contributed by atoms with van der Waals surface area (Å²) in [6.45, 7) is 0. The van der Waals surface area contributed by atoms with Crippen LogP contribution in [-0.4, -0.2) is 19.9 Å². The molecule has 0 unspecified atom stereocenters. The highest BCUT2D eigenvalue weighted by molar-refractivity contribution is 6.21. The molecule has 4 nitrogen and oxygen atoms in total. The molecule has 0 spiro atoms. The first kappa shape index (κ1) is 26.7. The molecule has 4 heteroatoms. The molecule has 1 aliphatic rings. The lowest BCUT2D eigenvalue weighted by molar-refractivity contribution is 1.18. The zero-order valence-electron chi connectivity index (χ0n) is 25.8. The molecular weight excluding hydrogens is 585 g/mol. The Kier molecular flexibility index (Phi) is 5.84. The van der Waals surface area contributed by atoms with Gasteiger partial charge in [0.2, 0.25) is 0 Å². The monoisotopic (exact) mass is 610 g/mol. The Morgan fingerprint density at radius 3 is 1.90 bits per heavy atom. The van der Waals surface area contributed by atoms with Crippen LogP contribution >= 0.6 is 0 Å². The largest absolute Gasteiger partial charge is 0.254 e. The van der Waals surface area contributed by atoms with Gasteiger partial charge >= 0.3 is 0 Å². The molecular formula is C44H26N4. The molecule has 0 N–H and O–H groups in total. The lowest BCUT2D eigenvalue weighted by Gasteiger charge is -2.14. The van der Waals surface area contributed by atoms with Gasteiger partial charge in [-0.25, -0.2) is 15.0 Å². The molecule has 3 aromatic heterocycles. The zero-order valence-corrected chi connectivity index (χ0v) is 25.8. The van der Waals surface area contributed by atoms with Crippen LogP contribution in [0.2, 0.25) is 0 Å². The van der Waals surface area contributed by atoms with Crippen LogP contribution in [0.3, 0.4) is 0 Å². The Hall–Kier alpha value is -6.52. The van der Waals surface area contributed by atoms with Crippen molar-refractivity contribution in [2.75, 3.05) is 0 Å². The van der Waals surface area contributed by atoms with Crippen molar-refractivity contribution in [3.63, 3.8) is 0 Å². The fraction of sp³-hybridized carbons (Fsp3) is 0. The Morgan fingerprint density at radius 1 is 0.354 bits per heavy atom. The van der Waals surface area contributed by atoms with E-state index in [-0.39, 0.29) is 0 Å². The van der Waals surface area contributed by atoms with E-state index in [9.17, 15) is 0 Å². The lowest BCUT2D eigenvalue weighted by atomic mass is 9.91. The predicted octanol–water partition coefficient (Wildman–Crippen LogP) is 11.0. The fourth-order valence-corrected chi connectivity index (χ4v) is 7.37. The van der Waals surface area contributed by atoms with Gasteiger partial charge < -0.3 is 0 Å². The second-order valence-corrected chi connectivity index (χ2v) is 12.3. The molecule has 0 radical (unpaired) electrons. The van der Waals surface area contributed by atoms with E-state index in [1.807, 2.05) is 18.3 Å². The van der Waals surface area contributed by atoms with Crippen molar-refractivity contribution in [2.24, 2.45) is 0 Å². The SMILES string of the molecule is c1cnc(-c2ccc(-c3cccc(-c4ccc5cc(-c6ccc7c8c(cccc68)-c6ccccc6-7)c6cccnc6c5n4)c3)cc2)nc1. The molecule has 0 atom stereocenters. The topological polar surface area (TPSA) is 51.6 Å². The van der Waals surface area contributed by atoms with Gasteiger partial charge in [0.05, 0.1) is 16.7 Å². The fourth-order valence-electron chi connectivity index (χ4n) is 7.37. The molecule has 0 saturated heterocycles. The number of fused-ring (bicyclic) bond motifs is 6. The van der Waals surface area contributed by atoms with Crippen molar-refractivity contribution in [3.8, 4) is 67.2 Å². The first-order valence-electron chi connectivity index (χ1n) is 16.1. The summed E-state index contributed by atoms with van der Waals surface area (Å²) in [6, 6.07) is 49.6. The third kappa shape index (κ3) is 4.10. The van der Waals surface area contributed by atoms with Crippen molar-refractivity contribution in [3.05, 3.63) is 158 Å². The van der Waals surface area contributed by atoms with Crippen LogP contribution < -0.4 is 0 Å². The normalized spacial score (nSPS) is 11.8. The summed E-state index contributed by atoms with van der Waals surface area (Å²) in [4.78, 5) is 18.9. The van der Waals surface area contributed by atoms with E-state index in [2.05, 4.69) is 137 Å². The van der Waals surface area contributed by atoms with Gasteiger partial charge in [-0.15, -0.1) is 0 Å². The molecule has 6 aromatic carbocycles. The number of aromatic nitrogens is 4. The van der Waals surface area contributed by atoms with E-state index in [1.165, 1.54) is 44.2 Å². The molecule has 1 aliphatic carbocycles. The molecule has 10 rings (SSSR count). The van der Waals surface area contributed by atoms with E-state index < -0.39 is 0 Å². The van der Waals surface area contributed by atoms with Crippen LogP contribution in [0.5, 0.6) is 0 Å². The van der Waals surface area contributed by atoms with Crippen LogP contribution in [0, 0.1) is 0 Å². The highest BCUT2D eigenvalue weighted by Crippen LogP contribution is 2.50. The van der Waals surface area contributed by atoms with Crippen LogP contribution in [-0.2, 0) is 0 Å². The molecule has 0 amide bonds. The molecule has 0 bridgehead atoms. The molecule has 0 aliphatic heterocycles. The summed E-state index contributed by atoms with van der Waals surface area (Å²) < 4.78 is 0. The van der Waals surface area contributed by atoms with Gasteiger partial charge in [0.1, 0.15) is 0 Å². The summed E-state index contributed by atoms with van der Waals surface area (Å²) in [5, 5.41) is 4.75. The maximum absolute atomic E-state index is 5.25. The van der Waals surface area contributed by atoms with Crippen LogP contribution in [0.4, 0.5) is 0 Å². The number of rotatable bonds is 4. The molecule has 9 aromatic rings. The van der Waals surface area contributed by atoms with Crippen molar-refractivity contribution in [2.45, 2.75) is 0 Å². The second kappa shape index (κ2) is 10.5. The number of hydrogen-bond donors (Lipinski definition) is 0. The van der Waals surface area contributed by atoms with Crippen molar-refractivity contribution >= 4 is 32.6 Å². The zero-order chi connectivity index (χ0) is 31.6. The summed E-state index contributed by atoms with van der Waals surface area (Å²) in [7, 11) is 0. The minimum absolute atomic E-state index is 0.724. The molecule has 3 heterocycles. The Morgan fingerprint density at radius 2 is 1.04 bits per heavy atom. The first-order chi connectivity index (χ1) is 23.8. The number of hydrogen-bond acceptors (Lipinski definition) is 4. The van der Waals surface area contributed by atoms with Gasteiger partial charge in [-0.3, -0.25) is 4.98 Å². The van der Waals surface area contributed by atoms with E-state index in [0.717, 1.165) is 55.6 Å². The molecule has 222 valence electrons. The van der Waals surface area contributed by atoms with Crippen molar-refractivity contribution in [1.29, 1.82) is 0 Å².